The Labute approximate surface area is 140 Å². The SMILES string of the molecule is COc1cc2c(c(Br)c1OC)CCCCN2c1ccccc1. The maximum atomic E-state index is 5.53. The summed E-state index contributed by atoms with van der Waals surface area (Å²) in [4.78, 5) is 2.37. The van der Waals surface area contributed by atoms with Gasteiger partial charge >= 0.3 is 0 Å². The molecular weight excluding hydrogens is 342 g/mol. The molecule has 3 nitrogen and oxygen atoms in total. The van der Waals surface area contributed by atoms with E-state index in [-0.39, 0.29) is 0 Å². The molecule has 0 spiro atoms. The molecule has 22 heavy (non-hydrogen) atoms. The summed E-state index contributed by atoms with van der Waals surface area (Å²) in [5.74, 6) is 1.53. The van der Waals surface area contributed by atoms with Crippen molar-refractivity contribution in [3.63, 3.8) is 0 Å². The molecule has 0 fully saturated rings. The van der Waals surface area contributed by atoms with Gasteiger partial charge in [0.2, 0.25) is 0 Å². The highest BCUT2D eigenvalue weighted by molar-refractivity contribution is 9.10. The molecule has 0 amide bonds. The molecule has 0 atom stereocenters. The van der Waals surface area contributed by atoms with Gasteiger partial charge in [-0.3, -0.25) is 0 Å². The van der Waals surface area contributed by atoms with E-state index in [2.05, 4.69) is 51.2 Å². The molecule has 3 rings (SSSR count). The molecule has 0 bridgehead atoms. The molecule has 0 radical (unpaired) electrons. The Balaban J connectivity index is 2.18. The van der Waals surface area contributed by atoms with Gasteiger partial charge in [0.05, 0.1) is 18.7 Å². The molecule has 1 aliphatic heterocycles. The first kappa shape index (κ1) is 15.2. The summed E-state index contributed by atoms with van der Waals surface area (Å²) in [6, 6.07) is 12.6. The third-order valence-electron chi connectivity index (χ3n) is 4.11. The van der Waals surface area contributed by atoms with Crippen molar-refractivity contribution < 1.29 is 9.47 Å². The maximum Gasteiger partial charge on any atom is 0.175 e. The molecular formula is C18H20BrNO2. The van der Waals surface area contributed by atoms with Crippen molar-refractivity contribution in [3.05, 3.63) is 46.4 Å². The summed E-state index contributed by atoms with van der Waals surface area (Å²) in [5, 5.41) is 0. The number of methoxy groups -OCH3 is 2. The molecule has 2 aromatic carbocycles. The summed E-state index contributed by atoms with van der Waals surface area (Å²) in [5.41, 5.74) is 3.71. The van der Waals surface area contributed by atoms with Crippen LogP contribution in [0.3, 0.4) is 0 Å². The first-order chi connectivity index (χ1) is 10.8. The second kappa shape index (κ2) is 6.61. The van der Waals surface area contributed by atoms with Crippen LogP contribution in [0, 0.1) is 0 Å². The van der Waals surface area contributed by atoms with Gasteiger partial charge < -0.3 is 14.4 Å². The third kappa shape index (κ3) is 2.68. The number of fused-ring (bicyclic) bond motifs is 1. The van der Waals surface area contributed by atoms with Crippen molar-refractivity contribution in [2.75, 3.05) is 25.7 Å². The number of anilines is 2. The van der Waals surface area contributed by atoms with E-state index in [1.54, 1.807) is 14.2 Å². The molecule has 0 aromatic heterocycles. The highest BCUT2D eigenvalue weighted by atomic mass is 79.9. The summed E-state index contributed by atoms with van der Waals surface area (Å²) in [7, 11) is 3.36. The van der Waals surface area contributed by atoms with Crippen molar-refractivity contribution in [2.45, 2.75) is 19.3 Å². The molecule has 0 unspecified atom stereocenters. The minimum Gasteiger partial charge on any atom is -0.493 e. The van der Waals surface area contributed by atoms with Crippen LogP contribution in [0.4, 0.5) is 11.4 Å². The van der Waals surface area contributed by atoms with Crippen LogP contribution >= 0.6 is 15.9 Å². The quantitative estimate of drug-likeness (QED) is 0.772. The van der Waals surface area contributed by atoms with Gasteiger partial charge in [-0.2, -0.15) is 0 Å². The highest BCUT2D eigenvalue weighted by Gasteiger charge is 2.24. The monoisotopic (exact) mass is 361 g/mol. The van der Waals surface area contributed by atoms with E-state index in [4.69, 9.17) is 9.47 Å². The Morgan fingerprint density at radius 3 is 2.50 bits per heavy atom. The van der Waals surface area contributed by atoms with E-state index in [9.17, 15) is 0 Å². The Hall–Kier alpha value is -1.68. The number of para-hydroxylation sites is 1. The Bertz CT molecular complexity index is 658. The van der Waals surface area contributed by atoms with Crippen molar-refractivity contribution in [1.82, 2.24) is 0 Å². The predicted molar refractivity (Wildman–Crippen MR) is 93.6 cm³/mol. The zero-order chi connectivity index (χ0) is 15.5. The van der Waals surface area contributed by atoms with Crippen LogP contribution in [0.25, 0.3) is 0 Å². The Kier molecular flexibility index (Phi) is 4.57. The van der Waals surface area contributed by atoms with Gasteiger partial charge in [-0.15, -0.1) is 0 Å². The van der Waals surface area contributed by atoms with E-state index >= 15 is 0 Å². The van der Waals surface area contributed by atoms with E-state index in [1.165, 1.54) is 29.8 Å². The number of benzene rings is 2. The first-order valence-electron chi connectivity index (χ1n) is 7.52. The Morgan fingerprint density at radius 2 is 1.82 bits per heavy atom. The minimum atomic E-state index is 0.760. The minimum absolute atomic E-state index is 0.760. The van der Waals surface area contributed by atoms with Crippen LogP contribution in [0.5, 0.6) is 11.5 Å². The van der Waals surface area contributed by atoms with Gasteiger partial charge in [-0.25, -0.2) is 0 Å². The molecule has 0 saturated heterocycles. The molecule has 0 aliphatic carbocycles. The van der Waals surface area contributed by atoms with E-state index in [0.717, 1.165) is 28.9 Å². The number of hydrogen-bond acceptors (Lipinski definition) is 3. The van der Waals surface area contributed by atoms with Crippen LogP contribution < -0.4 is 14.4 Å². The zero-order valence-electron chi connectivity index (χ0n) is 12.9. The van der Waals surface area contributed by atoms with Crippen molar-refractivity contribution in [2.24, 2.45) is 0 Å². The summed E-state index contributed by atoms with van der Waals surface area (Å²) in [6.45, 7) is 1.01. The lowest BCUT2D eigenvalue weighted by atomic mass is 10.1. The standard InChI is InChI=1S/C18H20BrNO2/c1-21-16-12-15-14(17(19)18(16)22-2)10-6-7-11-20(15)13-8-4-3-5-9-13/h3-5,8-9,12H,6-7,10-11H2,1-2H3. The number of rotatable bonds is 3. The molecule has 4 heteroatoms. The van der Waals surface area contributed by atoms with Crippen LogP contribution in [-0.4, -0.2) is 20.8 Å². The maximum absolute atomic E-state index is 5.53. The molecule has 116 valence electrons. The molecule has 1 heterocycles. The van der Waals surface area contributed by atoms with Crippen LogP contribution in [0.15, 0.2) is 40.9 Å². The number of ether oxygens (including phenoxy) is 2. The Morgan fingerprint density at radius 1 is 1.05 bits per heavy atom. The lowest BCUT2D eigenvalue weighted by Gasteiger charge is -2.27. The fraction of sp³-hybridized carbons (Fsp3) is 0.333. The summed E-state index contributed by atoms with van der Waals surface area (Å²) >= 11 is 3.72. The molecule has 0 saturated carbocycles. The average Bonchev–Trinajstić information content (AvgIpc) is 2.78. The molecule has 2 aromatic rings. The summed E-state index contributed by atoms with van der Waals surface area (Å²) < 4.78 is 12.1. The van der Waals surface area contributed by atoms with Crippen molar-refractivity contribution in [1.29, 1.82) is 0 Å². The van der Waals surface area contributed by atoms with Crippen LogP contribution in [0.1, 0.15) is 18.4 Å². The van der Waals surface area contributed by atoms with Crippen LogP contribution in [-0.2, 0) is 6.42 Å². The third-order valence-corrected chi connectivity index (χ3v) is 4.95. The van der Waals surface area contributed by atoms with Gasteiger partial charge in [0.25, 0.3) is 0 Å². The predicted octanol–water partition coefficient (Wildman–Crippen LogP) is 4.94. The second-order valence-corrected chi connectivity index (χ2v) is 6.16. The van der Waals surface area contributed by atoms with E-state index < -0.39 is 0 Å². The largest absolute Gasteiger partial charge is 0.493 e. The average molecular weight is 362 g/mol. The number of nitrogens with zero attached hydrogens (tertiary/aromatic N) is 1. The topological polar surface area (TPSA) is 21.7 Å². The van der Waals surface area contributed by atoms with Gasteiger partial charge in [0.1, 0.15) is 0 Å². The van der Waals surface area contributed by atoms with Crippen molar-refractivity contribution >= 4 is 27.3 Å². The first-order valence-corrected chi connectivity index (χ1v) is 8.31. The van der Waals surface area contributed by atoms with Gasteiger partial charge in [0, 0.05) is 24.0 Å². The van der Waals surface area contributed by atoms with Crippen molar-refractivity contribution in [3.8, 4) is 11.5 Å². The van der Waals surface area contributed by atoms with Gasteiger partial charge in [-0.1, -0.05) is 18.2 Å². The van der Waals surface area contributed by atoms with Crippen LogP contribution in [0.2, 0.25) is 0 Å². The highest BCUT2D eigenvalue weighted by Crippen LogP contribution is 2.46. The zero-order valence-corrected chi connectivity index (χ0v) is 14.5. The lowest BCUT2D eigenvalue weighted by Crippen LogP contribution is -2.18. The second-order valence-electron chi connectivity index (χ2n) is 5.37. The number of halogens is 1. The van der Waals surface area contributed by atoms with E-state index in [1.807, 2.05) is 6.07 Å². The number of hydrogen-bond donors (Lipinski definition) is 0. The fourth-order valence-electron chi connectivity index (χ4n) is 3.02. The normalized spacial score (nSPS) is 14.2. The smallest absolute Gasteiger partial charge is 0.175 e. The van der Waals surface area contributed by atoms with Gasteiger partial charge in [0.15, 0.2) is 11.5 Å². The summed E-state index contributed by atoms with van der Waals surface area (Å²) in [6.07, 6.45) is 3.38. The molecule has 1 aliphatic rings. The van der Waals surface area contributed by atoms with Gasteiger partial charge in [-0.05, 0) is 52.9 Å². The lowest BCUT2D eigenvalue weighted by molar-refractivity contribution is 0.353. The fourth-order valence-corrected chi connectivity index (χ4v) is 3.78. The van der Waals surface area contributed by atoms with E-state index in [0.29, 0.717) is 0 Å². The molecule has 0 N–H and O–H groups in total.